The molecule has 5 rings (SSSR count). The fourth-order valence-electron chi connectivity index (χ4n) is 5.04. The van der Waals surface area contributed by atoms with E-state index in [0.29, 0.717) is 5.82 Å². The van der Waals surface area contributed by atoms with Crippen molar-refractivity contribution in [2.24, 2.45) is 23.2 Å². The Morgan fingerprint density at radius 2 is 1.80 bits per heavy atom. The molecule has 1 aromatic rings. The first-order chi connectivity index (χ1) is 9.63. The SMILES string of the molecule is O=C(Nc1ccnc(Cl)n1)C12CC3CC(CC(C3)C1)C2. The van der Waals surface area contributed by atoms with Gasteiger partial charge in [-0.05, 0) is 73.9 Å². The predicted molar refractivity (Wildman–Crippen MR) is 76.3 cm³/mol. The molecule has 1 N–H and O–H groups in total. The fourth-order valence-corrected chi connectivity index (χ4v) is 5.19. The molecule has 4 nitrogen and oxygen atoms in total. The maximum atomic E-state index is 12.8. The first kappa shape index (κ1) is 12.6. The van der Waals surface area contributed by atoms with Crippen LogP contribution in [0.4, 0.5) is 5.82 Å². The van der Waals surface area contributed by atoms with Gasteiger partial charge in [0, 0.05) is 6.20 Å². The van der Waals surface area contributed by atoms with Crippen LogP contribution in [-0.4, -0.2) is 15.9 Å². The van der Waals surface area contributed by atoms with Crippen LogP contribution in [0.1, 0.15) is 38.5 Å². The highest BCUT2D eigenvalue weighted by Crippen LogP contribution is 2.60. The number of halogens is 1. The van der Waals surface area contributed by atoms with Crippen molar-refractivity contribution in [3.63, 3.8) is 0 Å². The molecule has 4 saturated carbocycles. The zero-order valence-electron chi connectivity index (χ0n) is 11.3. The van der Waals surface area contributed by atoms with Crippen LogP contribution in [0.15, 0.2) is 12.3 Å². The number of anilines is 1. The molecular formula is C15H18ClN3O. The summed E-state index contributed by atoms with van der Waals surface area (Å²) in [5, 5.41) is 3.14. The van der Waals surface area contributed by atoms with E-state index in [1.54, 1.807) is 12.3 Å². The predicted octanol–water partition coefficient (Wildman–Crippen LogP) is 3.28. The monoisotopic (exact) mass is 291 g/mol. The van der Waals surface area contributed by atoms with E-state index >= 15 is 0 Å². The highest BCUT2D eigenvalue weighted by molar-refractivity contribution is 6.28. The van der Waals surface area contributed by atoms with Gasteiger partial charge < -0.3 is 5.32 Å². The number of amides is 1. The Hall–Kier alpha value is -1.16. The van der Waals surface area contributed by atoms with Crippen LogP contribution in [-0.2, 0) is 4.79 Å². The van der Waals surface area contributed by atoms with Gasteiger partial charge in [-0.2, -0.15) is 0 Å². The van der Waals surface area contributed by atoms with Crippen LogP contribution < -0.4 is 5.32 Å². The van der Waals surface area contributed by atoms with E-state index in [0.717, 1.165) is 37.0 Å². The van der Waals surface area contributed by atoms with E-state index in [2.05, 4.69) is 15.3 Å². The summed E-state index contributed by atoms with van der Waals surface area (Å²) in [4.78, 5) is 20.7. The number of hydrogen-bond donors (Lipinski definition) is 1. The van der Waals surface area contributed by atoms with Crippen LogP contribution in [0.25, 0.3) is 0 Å². The number of aromatic nitrogens is 2. The lowest BCUT2D eigenvalue weighted by Gasteiger charge is -2.55. The molecule has 106 valence electrons. The summed E-state index contributed by atoms with van der Waals surface area (Å²) in [5.41, 5.74) is -0.147. The van der Waals surface area contributed by atoms with Crippen molar-refractivity contribution < 1.29 is 4.79 Å². The Labute approximate surface area is 123 Å². The molecule has 4 fully saturated rings. The second-order valence-electron chi connectivity index (χ2n) is 6.86. The Morgan fingerprint density at radius 3 is 2.35 bits per heavy atom. The zero-order chi connectivity index (χ0) is 13.7. The number of carbonyl (C=O) groups is 1. The van der Waals surface area contributed by atoms with Crippen molar-refractivity contribution in [1.82, 2.24) is 9.97 Å². The second-order valence-corrected chi connectivity index (χ2v) is 7.20. The molecule has 1 amide bonds. The van der Waals surface area contributed by atoms with Gasteiger partial charge in [-0.25, -0.2) is 9.97 Å². The minimum atomic E-state index is -0.147. The van der Waals surface area contributed by atoms with Gasteiger partial charge in [0.05, 0.1) is 5.41 Å². The van der Waals surface area contributed by atoms with Crippen molar-refractivity contribution in [1.29, 1.82) is 0 Å². The summed E-state index contributed by atoms with van der Waals surface area (Å²) < 4.78 is 0. The lowest BCUT2D eigenvalue weighted by Crippen LogP contribution is -2.51. The molecule has 4 aliphatic rings. The fraction of sp³-hybridized carbons (Fsp3) is 0.667. The zero-order valence-corrected chi connectivity index (χ0v) is 12.1. The van der Waals surface area contributed by atoms with Crippen LogP contribution in [0.5, 0.6) is 0 Å². The quantitative estimate of drug-likeness (QED) is 0.851. The average Bonchev–Trinajstić information content (AvgIpc) is 2.37. The maximum absolute atomic E-state index is 12.8. The van der Waals surface area contributed by atoms with Gasteiger partial charge in [-0.1, -0.05) is 0 Å². The summed E-state index contributed by atoms with van der Waals surface area (Å²) in [6, 6.07) is 1.70. The van der Waals surface area contributed by atoms with E-state index in [1.165, 1.54) is 19.3 Å². The number of nitrogens with zero attached hydrogens (tertiary/aromatic N) is 2. The van der Waals surface area contributed by atoms with Crippen molar-refractivity contribution in [2.45, 2.75) is 38.5 Å². The molecule has 0 unspecified atom stereocenters. The molecular weight excluding hydrogens is 274 g/mol. The maximum Gasteiger partial charge on any atom is 0.231 e. The van der Waals surface area contributed by atoms with Gasteiger partial charge in [0.1, 0.15) is 5.82 Å². The standard InChI is InChI=1S/C15H18ClN3O/c16-14-17-2-1-12(19-14)18-13(20)15-6-9-3-10(7-15)5-11(4-9)8-15/h1-2,9-11H,3-8H2,(H,17,18,19,20). The van der Waals surface area contributed by atoms with Gasteiger partial charge in [0.25, 0.3) is 0 Å². The highest BCUT2D eigenvalue weighted by atomic mass is 35.5. The molecule has 0 radical (unpaired) electrons. The average molecular weight is 292 g/mol. The minimum absolute atomic E-state index is 0.145. The molecule has 5 heteroatoms. The van der Waals surface area contributed by atoms with Gasteiger partial charge in [-0.3, -0.25) is 4.79 Å². The Balaban J connectivity index is 1.56. The third kappa shape index (κ3) is 2.01. The number of hydrogen-bond acceptors (Lipinski definition) is 3. The Bertz CT molecular complexity index is 525. The number of carbonyl (C=O) groups excluding carboxylic acids is 1. The Kier molecular flexibility index (Phi) is 2.78. The van der Waals surface area contributed by atoms with E-state index in [4.69, 9.17) is 11.6 Å². The van der Waals surface area contributed by atoms with Crippen LogP contribution in [0.3, 0.4) is 0 Å². The summed E-state index contributed by atoms with van der Waals surface area (Å²) in [7, 11) is 0. The van der Waals surface area contributed by atoms with Gasteiger partial charge in [0.15, 0.2) is 0 Å². The van der Waals surface area contributed by atoms with Gasteiger partial charge >= 0.3 is 0 Å². The molecule has 4 bridgehead atoms. The molecule has 0 atom stereocenters. The molecule has 0 aromatic carbocycles. The van der Waals surface area contributed by atoms with Gasteiger partial charge in [0.2, 0.25) is 11.2 Å². The third-order valence-electron chi connectivity index (χ3n) is 5.39. The normalized spacial score (nSPS) is 38.0. The van der Waals surface area contributed by atoms with E-state index in [1.807, 2.05) is 0 Å². The van der Waals surface area contributed by atoms with Crippen LogP contribution in [0, 0.1) is 23.2 Å². The van der Waals surface area contributed by atoms with Crippen molar-refractivity contribution in [2.75, 3.05) is 5.32 Å². The lowest BCUT2D eigenvalue weighted by molar-refractivity contribution is -0.140. The largest absolute Gasteiger partial charge is 0.310 e. The molecule has 0 saturated heterocycles. The minimum Gasteiger partial charge on any atom is -0.310 e. The number of nitrogens with one attached hydrogen (secondary N) is 1. The van der Waals surface area contributed by atoms with E-state index in [9.17, 15) is 4.79 Å². The summed E-state index contributed by atoms with van der Waals surface area (Å²) >= 11 is 5.77. The van der Waals surface area contributed by atoms with Crippen molar-refractivity contribution in [3.8, 4) is 0 Å². The summed E-state index contributed by atoms with van der Waals surface area (Å²) in [5.74, 6) is 2.96. The first-order valence-corrected chi connectivity index (χ1v) is 7.81. The first-order valence-electron chi connectivity index (χ1n) is 7.43. The molecule has 0 spiro atoms. The second kappa shape index (κ2) is 4.42. The smallest absolute Gasteiger partial charge is 0.231 e. The molecule has 0 aliphatic heterocycles. The molecule has 4 aliphatic carbocycles. The molecule has 20 heavy (non-hydrogen) atoms. The van der Waals surface area contributed by atoms with Gasteiger partial charge in [-0.15, -0.1) is 0 Å². The summed E-state index contributed by atoms with van der Waals surface area (Å²) in [6.45, 7) is 0. The third-order valence-corrected chi connectivity index (χ3v) is 5.57. The molecule has 1 aromatic heterocycles. The van der Waals surface area contributed by atoms with Crippen molar-refractivity contribution >= 4 is 23.3 Å². The highest BCUT2D eigenvalue weighted by Gasteiger charge is 2.54. The van der Waals surface area contributed by atoms with Crippen LogP contribution in [0.2, 0.25) is 5.28 Å². The van der Waals surface area contributed by atoms with E-state index < -0.39 is 0 Å². The number of rotatable bonds is 2. The van der Waals surface area contributed by atoms with Crippen molar-refractivity contribution in [3.05, 3.63) is 17.5 Å². The Morgan fingerprint density at radius 1 is 1.20 bits per heavy atom. The molecule has 1 heterocycles. The van der Waals surface area contributed by atoms with Crippen LogP contribution >= 0.6 is 11.6 Å². The lowest BCUT2D eigenvalue weighted by atomic mass is 9.49. The summed E-state index contributed by atoms with van der Waals surface area (Å²) in [6.07, 6.45) is 8.77. The topological polar surface area (TPSA) is 54.9 Å². The van der Waals surface area contributed by atoms with E-state index in [-0.39, 0.29) is 16.6 Å².